The molecule has 1 saturated heterocycles. The zero-order valence-corrected chi connectivity index (χ0v) is 17.8. The third-order valence-electron chi connectivity index (χ3n) is 6.12. The van der Waals surface area contributed by atoms with E-state index < -0.39 is 0 Å². The van der Waals surface area contributed by atoms with Gasteiger partial charge in [-0.05, 0) is 67.9 Å². The van der Waals surface area contributed by atoms with Crippen molar-refractivity contribution in [3.8, 4) is 0 Å². The average molecular weight is 404 g/mol. The van der Waals surface area contributed by atoms with E-state index in [1.54, 1.807) is 0 Å². The number of nitrogens with zero attached hydrogens (tertiary/aromatic N) is 2. The first kappa shape index (κ1) is 20.4. The van der Waals surface area contributed by atoms with Crippen LogP contribution in [0, 0.1) is 13.8 Å². The maximum atomic E-state index is 13.2. The summed E-state index contributed by atoms with van der Waals surface area (Å²) in [6.45, 7) is 7.22. The smallest absolute Gasteiger partial charge is 0.253 e. The number of aryl methyl sites for hydroxylation is 2. The Morgan fingerprint density at radius 3 is 2.50 bits per heavy atom. The molecule has 5 nitrogen and oxygen atoms in total. The molecule has 2 heterocycles. The summed E-state index contributed by atoms with van der Waals surface area (Å²) in [4.78, 5) is 33.1. The molecule has 0 saturated carbocycles. The predicted molar refractivity (Wildman–Crippen MR) is 120 cm³/mol. The summed E-state index contributed by atoms with van der Waals surface area (Å²) in [5, 5.41) is 0.999. The summed E-state index contributed by atoms with van der Waals surface area (Å²) in [6.07, 6.45) is 2.30. The molecule has 1 amide bonds. The van der Waals surface area contributed by atoms with Crippen LogP contribution in [-0.4, -0.2) is 40.3 Å². The molecule has 0 aliphatic carbocycles. The molecule has 0 spiro atoms. The summed E-state index contributed by atoms with van der Waals surface area (Å²) >= 11 is 0. The minimum absolute atomic E-state index is 0.0698. The number of benzene rings is 2. The lowest BCUT2D eigenvalue weighted by Crippen LogP contribution is -2.39. The van der Waals surface area contributed by atoms with Gasteiger partial charge in [-0.15, -0.1) is 0 Å². The lowest BCUT2D eigenvalue weighted by molar-refractivity contribution is -0.133. The Labute approximate surface area is 177 Å². The molecule has 156 valence electrons. The van der Waals surface area contributed by atoms with E-state index in [1.165, 1.54) is 0 Å². The quantitative estimate of drug-likeness (QED) is 0.682. The van der Waals surface area contributed by atoms with Crippen LogP contribution in [0.4, 0.5) is 0 Å². The fraction of sp³-hybridized carbons (Fsp3) is 0.360. The summed E-state index contributed by atoms with van der Waals surface area (Å²) in [5.74, 6) is 0.0698. The Hall–Kier alpha value is -2.92. The Kier molecular flexibility index (Phi) is 6.00. The third kappa shape index (κ3) is 4.46. The zero-order chi connectivity index (χ0) is 21.1. The number of aromatic amines is 1. The first-order chi connectivity index (χ1) is 14.5. The summed E-state index contributed by atoms with van der Waals surface area (Å²) in [7, 11) is 0. The van der Waals surface area contributed by atoms with Gasteiger partial charge in [0.05, 0.1) is 18.6 Å². The first-order valence-corrected chi connectivity index (χ1v) is 10.7. The molecule has 5 heteroatoms. The number of hydrogen-bond acceptors (Lipinski definition) is 3. The van der Waals surface area contributed by atoms with E-state index in [4.69, 9.17) is 0 Å². The van der Waals surface area contributed by atoms with Crippen molar-refractivity contribution < 1.29 is 4.79 Å². The molecule has 0 atom stereocenters. The van der Waals surface area contributed by atoms with Crippen LogP contribution in [0.2, 0.25) is 0 Å². The highest BCUT2D eigenvalue weighted by molar-refractivity contribution is 5.83. The molecule has 2 aromatic carbocycles. The van der Waals surface area contributed by atoms with E-state index in [9.17, 15) is 9.59 Å². The topological polar surface area (TPSA) is 56.4 Å². The molecule has 1 N–H and O–H groups in total. The molecule has 3 aromatic rings. The van der Waals surface area contributed by atoms with Crippen LogP contribution in [0.5, 0.6) is 0 Å². The number of hydrogen-bond donors (Lipinski definition) is 1. The Bertz CT molecular complexity index is 1100. The van der Waals surface area contributed by atoms with Gasteiger partial charge in [0.2, 0.25) is 5.91 Å². The first-order valence-electron chi connectivity index (χ1n) is 10.7. The van der Waals surface area contributed by atoms with E-state index in [0.29, 0.717) is 25.2 Å². The monoisotopic (exact) mass is 403 g/mol. The van der Waals surface area contributed by atoms with Gasteiger partial charge in [0.15, 0.2) is 0 Å². The van der Waals surface area contributed by atoms with Crippen molar-refractivity contribution in [2.45, 2.75) is 39.8 Å². The summed E-state index contributed by atoms with van der Waals surface area (Å²) in [6, 6.07) is 16.0. The fourth-order valence-corrected chi connectivity index (χ4v) is 4.16. The van der Waals surface area contributed by atoms with Crippen LogP contribution < -0.4 is 5.56 Å². The molecular formula is C25H29N3O2. The number of rotatable bonds is 6. The molecular weight excluding hydrogens is 374 g/mol. The van der Waals surface area contributed by atoms with Crippen molar-refractivity contribution in [2.75, 3.05) is 19.6 Å². The van der Waals surface area contributed by atoms with Gasteiger partial charge in [0, 0.05) is 12.1 Å². The number of carbonyl (C=O) groups is 1. The largest absolute Gasteiger partial charge is 0.333 e. The minimum Gasteiger partial charge on any atom is -0.333 e. The summed E-state index contributed by atoms with van der Waals surface area (Å²) < 4.78 is 0. The average Bonchev–Trinajstić information content (AvgIpc) is 3.25. The number of pyridine rings is 1. The van der Waals surface area contributed by atoms with E-state index in [2.05, 4.69) is 16.0 Å². The zero-order valence-electron chi connectivity index (χ0n) is 17.8. The van der Waals surface area contributed by atoms with Crippen molar-refractivity contribution in [3.05, 3.63) is 81.1 Å². The number of aromatic nitrogens is 1. The van der Waals surface area contributed by atoms with E-state index in [-0.39, 0.29) is 11.5 Å². The molecule has 1 fully saturated rings. The van der Waals surface area contributed by atoms with Crippen LogP contribution in [0.3, 0.4) is 0 Å². The maximum Gasteiger partial charge on any atom is 0.253 e. The van der Waals surface area contributed by atoms with E-state index >= 15 is 0 Å². The van der Waals surface area contributed by atoms with E-state index in [1.807, 2.05) is 61.2 Å². The van der Waals surface area contributed by atoms with Gasteiger partial charge in [0.1, 0.15) is 0 Å². The van der Waals surface area contributed by atoms with Crippen molar-refractivity contribution in [3.63, 3.8) is 0 Å². The van der Waals surface area contributed by atoms with Crippen LogP contribution >= 0.6 is 0 Å². The third-order valence-corrected chi connectivity index (χ3v) is 6.12. The fourth-order valence-electron chi connectivity index (χ4n) is 4.16. The van der Waals surface area contributed by atoms with Crippen molar-refractivity contribution >= 4 is 16.8 Å². The van der Waals surface area contributed by atoms with Gasteiger partial charge in [-0.2, -0.15) is 0 Å². The maximum absolute atomic E-state index is 13.2. The minimum atomic E-state index is -0.122. The Balaban J connectivity index is 1.63. The van der Waals surface area contributed by atoms with Crippen LogP contribution in [0.25, 0.3) is 10.9 Å². The molecule has 0 radical (unpaired) electrons. The van der Waals surface area contributed by atoms with Gasteiger partial charge in [0.25, 0.3) is 5.56 Å². The second kappa shape index (κ2) is 8.84. The number of nitrogens with one attached hydrogen (secondary N) is 1. The predicted octanol–water partition coefficient (Wildman–Crippen LogP) is 3.77. The number of amides is 1. The standard InChI is InChI=1S/C25H29N3O2/c1-18-10-11-21-14-22(25(30)26-24(21)19(18)2)16-28(15-20-8-4-3-5-9-20)23(29)17-27-12-6-7-13-27/h3-5,8-11,14H,6-7,12-13,15-17H2,1-2H3,(H,26,30). The molecule has 30 heavy (non-hydrogen) atoms. The molecule has 0 bridgehead atoms. The van der Waals surface area contributed by atoms with Crippen molar-refractivity contribution in [2.24, 2.45) is 0 Å². The highest BCUT2D eigenvalue weighted by Crippen LogP contribution is 2.20. The highest BCUT2D eigenvalue weighted by atomic mass is 16.2. The highest BCUT2D eigenvalue weighted by Gasteiger charge is 2.21. The molecule has 1 aliphatic heterocycles. The molecule has 4 rings (SSSR count). The number of H-pyrrole nitrogens is 1. The second-order valence-corrected chi connectivity index (χ2v) is 8.31. The number of fused-ring (bicyclic) bond motifs is 1. The van der Waals surface area contributed by atoms with Gasteiger partial charge in [-0.25, -0.2) is 0 Å². The van der Waals surface area contributed by atoms with Crippen molar-refractivity contribution in [1.29, 1.82) is 0 Å². The summed E-state index contributed by atoms with van der Waals surface area (Å²) in [5.41, 5.74) is 4.68. The second-order valence-electron chi connectivity index (χ2n) is 8.31. The lowest BCUT2D eigenvalue weighted by Gasteiger charge is -2.25. The van der Waals surface area contributed by atoms with Crippen LogP contribution in [-0.2, 0) is 17.9 Å². The van der Waals surface area contributed by atoms with Crippen LogP contribution in [0.15, 0.2) is 53.3 Å². The SMILES string of the molecule is Cc1ccc2cc(CN(Cc3ccccc3)C(=O)CN3CCCC3)c(=O)[nH]c2c1C. The Morgan fingerprint density at radius 1 is 1.03 bits per heavy atom. The Morgan fingerprint density at radius 2 is 1.77 bits per heavy atom. The van der Waals surface area contributed by atoms with Gasteiger partial charge < -0.3 is 9.88 Å². The molecule has 0 unspecified atom stereocenters. The molecule has 1 aliphatic rings. The van der Waals surface area contributed by atoms with E-state index in [0.717, 1.165) is 53.5 Å². The number of carbonyl (C=O) groups excluding carboxylic acids is 1. The van der Waals surface area contributed by atoms with Crippen LogP contribution in [0.1, 0.15) is 35.1 Å². The van der Waals surface area contributed by atoms with Gasteiger partial charge >= 0.3 is 0 Å². The molecule has 1 aromatic heterocycles. The van der Waals surface area contributed by atoms with Gasteiger partial charge in [-0.1, -0.05) is 42.5 Å². The lowest BCUT2D eigenvalue weighted by atomic mass is 10.0. The normalized spacial score (nSPS) is 14.3. The van der Waals surface area contributed by atoms with Crippen molar-refractivity contribution in [1.82, 2.24) is 14.8 Å². The van der Waals surface area contributed by atoms with Gasteiger partial charge in [-0.3, -0.25) is 14.5 Å². The number of likely N-dealkylation sites (tertiary alicyclic amines) is 1.